The first kappa shape index (κ1) is 19.1. The molecule has 138 valence electrons. The fourth-order valence-corrected chi connectivity index (χ4v) is 3.17. The number of anilines is 1. The number of aromatic nitrogens is 2. The lowest BCUT2D eigenvalue weighted by Gasteiger charge is -2.08. The number of halogens is 2. The van der Waals surface area contributed by atoms with Crippen molar-refractivity contribution < 1.29 is 9.18 Å². The number of hydrogen-bond acceptors (Lipinski definition) is 4. The number of rotatable bonds is 5. The molecule has 0 unspecified atom stereocenters. The molecule has 0 aliphatic heterocycles. The zero-order chi connectivity index (χ0) is 19.4. The highest BCUT2D eigenvalue weighted by Gasteiger charge is 2.11. The van der Waals surface area contributed by atoms with Crippen molar-refractivity contribution in [2.75, 3.05) is 11.1 Å². The Bertz CT molecular complexity index is 1040. The molecule has 3 aromatic rings. The molecule has 8 heteroatoms. The van der Waals surface area contributed by atoms with E-state index in [2.05, 4.69) is 10.3 Å². The first-order valence-corrected chi connectivity index (χ1v) is 9.33. The molecule has 1 heterocycles. The van der Waals surface area contributed by atoms with Gasteiger partial charge in [-0.25, -0.2) is 9.37 Å². The van der Waals surface area contributed by atoms with Crippen LogP contribution in [0.4, 0.5) is 10.1 Å². The Labute approximate surface area is 164 Å². The number of hydrogen-bond donors (Lipinski definition) is 1. The van der Waals surface area contributed by atoms with Gasteiger partial charge in [-0.05, 0) is 37.3 Å². The first-order valence-electron chi connectivity index (χ1n) is 7.96. The van der Waals surface area contributed by atoms with Crippen molar-refractivity contribution in [2.24, 2.45) is 0 Å². The Morgan fingerprint density at radius 2 is 2.00 bits per heavy atom. The zero-order valence-corrected chi connectivity index (χ0v) is 15.9. The Balaban J connectivity index is 1.72. The van der Waals surface area contributed by atoms with Crippen LogP contribution in [0.15, 0.2) is 64.7 Å². The predicted octanol–water partition coefficient (Wildman–Crippen LogP) is 4.06. The second-order valence-electron chi connectivity index (χ2n) is 5.71. The maximum Gasteiger partial charge on any atom is 0.287 e. The van der Waals surface area contributed by atoms with Crippen molar-refractivity contribution in [3.8, 4) is 5.69 Å². The third-order valence-corrected chi connectivity index (χ3v) is 4.92. The van der Waals surface area contributed by atoms with Crippen LogP contribution in [0.5, 0.6) is 0 Å². The molecule has 0 atom stereocenters. The molecule has 2 aromatic carbocycles. The first-order chi connectivity index (χ1) is 12.9. The Hall–Kier alpha value is -2.64. The smallest absolute Gasteiger partial charge is 0.287 e. The standard InChI is InChI=1S/C19H15ClFN3O2S/c1-12-2-4-13(5-3-12)23-17(25)11-27-18-19(26)24(9-8-22-18)14-6-7-16(21)15(20)10-14/h2-10H,11H2,1H3,(H,23,25). The van der Waals surface area contributed by atoms with Crippen molar-refractivity contribution in [2.45, 2.75) is 11.9 Å². The lowest BCUT2D eigenvalue weighted by atomic mass is 10.2. The third-order valence-electron chi connectivity index (χ3n) is 3.67. The summed E-state index contributed by atoms with van der Waals surface area (Å²) in [6.07, 6.45) is 2.90. The van der Waals surface area contributed by atoms with Gasteiger partial charge in [0, 0.05) is 18.1 Å². The van der Waals surface area contributed by atoms with Gasteiger partial charge >= 0.3 is 0 Å². The summed E-state index contributed by atoms with van der Waals surface area (Å²) in [6, 6.07) is 11.4. The van der Waals surface area contributed by atoms with Crippen molar-refractivity contribution in [1.82, 2.24) is 9.55 Å². The molecule has 0 saturated heterocycles. The number of thioether (sulfide) groups is 1. The van der Waals surface area contributed by atoms with Gasteiger partial charge in [-0.2, -0.15) is 0 Å². The Morgan fingerprint density at radius 1 is 1.26 bits per heavy atom. The number of carbonyl (C=O) groups is 1. The summed E-state index contributed by atoms with van der Waals surface area (Å²) in [5.41, 5.74) is 1.79. The topological polar surface area (TPSA) is 64.0 Å². The summed E-state index contributed by atoms with van der Waals surface area (Å²) in [6.45, 7) is 1.96. The number of amides is 1. The second-order valence-corrected chi connectivity index (χ2v) is 7.08. The molecule has 0 fully saturated rings. The molecule has 1 aromatic heterocycles. The van der Waals surface area contributed by atoms with E-state index in [1.807, 2.05) is 31.2 Å². The predicted molar refractivity (Wildman–Crippen MR) is 105 cm³/mol. The molecule has 1 amide bonds. The van der Waals surface area contributed by atoms with Crippen molar-refractivity contribution in [3.05, 3.63) is 81.6 Å². The van der Waals surface area contributed by atoms with E-state index in [9.17, 15) is 14.0 Å². The van der Waals surface area contributed by atoms with Gasteiger partial charge in [0.05, 0.1) is 16.5 Å². The van der Waals surface area contributed by atoms with Gasteiger partial charge in [0.25, 0.3) is 5.56 Å². The average Bonchev–Trinajstić information content (AvgIpc) is 2.65. The molecule has 0 spiro atoms. The highest BCUT2D eigenvalue weighted by Crippen LogP contribution is 2.19. The van der Waals surface area contributed by atoms with E-state index < -0.39 is 11.4 Å². The molecule has 27 heavy (non-hydrogen) atoms. The van der Waals surface area contributed by atoms with Gasteiger partial charge in [0.15, 0.2) is 5.03 Å². The lowest BCUT2D eigenvalue weighted by Crippen LogP contribution is -2.22. The van der Waals surface area contributed by atoms with Crippen molar-refractivity contribution in [1.29, 1.82) is 0 Å². The Kier molecular flexibility index (Phi) is 5.93. The quantitative estimate of drug-likeness (QED) is 0.652. The van der Waals surface area contributed by atoms with Gasteiger partial charge < -0.3 is 5.32 Å². The molecule has 1 N–H and O–H groups in total. The highest BCUT2D eigenvalue weighted by atomic mass is 35.5. The second kappa shape index (κ2) is 8.37. The number of carbonyl (C=O) groups excluding carboxylic acids is 1. The van der Waals surface area contributed by atoms with Gasteiger partial charge in [-0.1, -0.05) is 41.1 Å². The number of nitrogens with zero attached hydrogens (tertiary/aromatic N) is 2. The summed E-state index contributed by atoms with van der Waals surface area (Å²) in [5, 5.41) is 2.85. The number of nitrogens with one attached hydrogen (secondary N) is 1. The fourth-order valence-electron chi connectivity index (χ4n) is 2.30. The SMILES string of the molecule is Cc1ccc(NC(=O)CSc2nccn(-c3ccc(F)c(Cl)c3)c2=O)cc1. The van der Waals surface area contributed by atoms with E-state index in [0.29, 0.717) is 11.4 Å². The van der Waals surface area contributed by atoms with Crippen LogP contribution in [0.1, 0.15) is 5.56 Å². The molecule has 0 aliphatic rings. The van der Waals surface area contributed by atoms with E-state index in [-0.39, 0.29) is 21.7 Å². The van der Waals surface area contributed by atoms with Crippen LogP contribution in [0.3, 0.4) is 0 Å². The summed E-state index contributed by atoms with van der Waals surface area (Å²) in [5.74, 6) is -0.778. The number of aryl methyl sites for hydroxylation is 1. The van der Waals surface area contributed by atoms with Crippen LogP contribution in [0, 0.1) is 12.7 Å². The summed E-state index contributed by atoms with van der Waals surface area (Å²) < 4.78 is 14.6. The zero-order valence-electron chi connectivity index (χ0n) is 14.3. The normalized spacial score (nSPS) is 10.6. The van der Waals surface area contributed by atoms with Crippen molar-refractivity contribution in [3.63, 3.8) is 0 Å². The Morgan fingerprint density at radius 3 is 2.70 bits per heavy atom. The van der Waals surface area contributed by atoms with Gasteiger partial charge in [-0.3, -0.25) is 14.2 Å². The van der Waals surface area contributed by atoms with E-state index in [1.54, 1.807) is 0 Å². The summed E-state index contributed by atoms with van der Waals surface area (Å²) >= 11 is 6.81. The molecule has 0 aliphatic carbocycles. The summed E-state index contributed by atoms with van der Waals surface area (Å²) in [4.78, 5) is 28.7. The molecular weight excluding hydrogens is 389 g/mol. The van der Waals surface area contributed by atoms with Crippen LogP contribution >= 0.6 is 23.4 Å². The van der Waals surface area contributed by atoms with E-state index in [1.165, 1.54) is 35.2 Å². The van der Waals surface area contributed by atoms with Gasteiger partial charge in [0.2, 0.25) is 5.91 Å². The third kappa shape index (κ3) is 4.75. The number of benzene rings is 2. The fraction of sp³-hybridized carbons (Fsp3) is 0.105. The molecule has 0 bridgehead atoms. The lowest BCUT2D eigenvalue weighted by molar-refractivity contribution is -0.113. The van der Waals surface area contributed by atoms with E-state index >= 15 is 0 Å². The highest BCUT2D eigenvalue weighted by molar-refractivity contribution is 7.99. The largest absolute Gasteiger partial charge is 0.325 e. The van der Waals surface area contributed by atoms with Crippen LogP contribution in [0.25, 0.3) is 5.69 Å². The molecule has 0 radical (unpaired) electrons. The van der Waals surface area contributed by atoms with Crippen LogP contribution in [-0.2, 0) is 4.79 Å². The maximum absolute atomic E-state index is 13.3. The average molecular weight is 404 g/mol. The minimum atomic E-state index is -0.565. The van der Waals surface area contributed by atoms with Crippen LogP contribution < -0.4 is 10.9 Å². The molecular formula is C19H15ClFN3O2S. The van der Waals surface area contributed by atoms with E-state index in [0.717, 1.165) is 17.3 Å². The summed E-state index contributed by atoms with van der Waals surface area (Å²) in [7, 11) is 0. The molecule has 0 saturated carbocycles. The van der Waals surface area contributed by atoms with Gasteiger partial charge in [-0.15, -0.1) is 0 Å². The van der Waals surface area contributed by atoms with E-state index in [4.69, 9.17) is 11.6 Å². The monoisotopic (exact) mass is 403 g/mol. The molecule has 3 rings (SSSR count). The minimum absolute atomic E-state index is 0.0320. The van der Waals surface area contributed by atoms with Crippen molar-refractivity contribution >= 4 is 35.0 Å². The minimum Gasteiger partial charge on any atom is -0.325 e. The van der Waals surface area contributed by atoms with Gasteiger partial charge in [0.1, 0.15) is 5.82 Å². The maximum atomic E-state index is 13.3. The molecule has 5 nitrogen and oxygen atoms in total. The van der Waals surface area contributed by atoms with Crippen LogP contribution in [0.2, 0.25) is 5.02 Å². The van der Waals surface area contributed by atoms with Crippen LogP contribution in [-0.4, -0.2) is 21.2 Å².